The predicted octanol–water partition coefficient (Wildman–Crippen LogP) is 1.69. The molecule has 1 aliphatic rings. The van der Waals surface area contributed by atoms with E-state index in [1.807, 2.05) is 6.92 Å². The molecule has 1 aromatic heterocycles. The fraction of sp³-hybridized carbons (Fsp3) is 0.417. The third kappa shape index (κ3) is 3.20. The lowest BCUT2D eigenvalue weighted by atomic mass is 10.3. The molecule has 1 amide bonds. The molecule has 0 N–H and O–H groups in total. The molecule has 1 fully saturated rings. The molecule has 0 spiro atoms. The summed E-state index contributed by atoms with van der Waals surface area (Å²) in [5, 5.41) is 0.471. The van der Waals surface area contributed by atoms with Gasteiger partial charge in [0.25, 0.3) is 0 Å². The maximum absolute atomic E-state index is 11.6. The van der Waals surface area contributed by atoms with Gasteiger partial charge in [-0.2, -0.15) is 0 Å². The summed E-state index contributed by atoms with van der Waals surface area (Å²) in [6.07, 6.45) is 7.00. The van der Waals surface area contributed by atoms with Crippen LogP contribution in [0.4, 0.5) is 0 Å². The number of amides is 1. The Bertz CT molecular complexity index is 447. The van der Waals surface area contributed by atoms with Crippen LogP contribution in [0.5, 0.6) is 6.01 Å². The molecule has 6 heteroatoms. The zero-order valence-electron chi connectivity index (χ0n) is 10.0. The molecule has 2 heterocycles. The average molecular weight is 268 g/mol. The summed E-state index contributed by atoms with van der Waals surface area (Å²) in [6, 6.07) is 0.296. The quantitative estimate of drug-likeness (QED) is 0.782. The summed E-state index contributed by atoms with van der Waals surface area (Å²) in [4.78, 5) is 21.3. The van der Waals surface area contributed by atoms with Gasteiger partial charge in [0.2, 0.25) is 5.91 Å². The molecule has 18 heavy (non-hydrogen) atoms. The van der Waals surface area contributed by atoms with Gasteiger partial charge in [-0.1, -0.05) is 17.7 Å². The molecule has 1 aliphatic heterocycles. The number of ether oxygens (including phenoxy) is 1. The number of rotatable bonds is 3. The molecule has 1 saturated heterocycles. The summed E-state index contributed by atoms with van der Waals surface area (Å²) < 4.78 is 5.59. The van der Waals surface area contributed by atoms with Crippen LogP contribution in [-0.2, 0) is 4.79 Å². The van der Waals surface area contributed by atoms with Gasteiger partial charge in [-0.25, -0.2) is 9.97 Å². The second-order valence-corrected chi connectivity index (χ2v) is 4.43. The summed E-state index contributed by atoms with van der Waals surface area (Å²) >= 11 is 5.69. The van der Waals surface area contributed by atoms with Gasteiger partial charge < -0.3 is 9.64 Å². The Kier molecular flexibility index (Phi) is 4.15. The first-order chi connectivity index (χ1) is 8.69. The molecule has 0 radical (unpaired) electrons. The number of hydrogen-bond donors (Lipinski definition) is 0. The van der Waals surface area contributed by atoms with Crippen LogP contribution in [0.3, 0.4) is 0 Å². The highest BCUT2D eigenvalue weighted by Gasteiger charge is 2.26. The van der Waals surface area contributed by atoms with Crippen LogP contribution < -0.4 is 4.74 Å². The van der Waals surface area contributed by atoms with Crippen molar-refractivity contribution < 1.29 is 9.53 Å². The van der Waals surface area contributed by atoms with Crippen molar-refractivity contribution in [3.63, 3.8) is 0 Å². The number of allylic oxidation sites excluding steroid dienone is 1. The van der Waals surface area contributed by atoms with Crippen molar-refractivity contribution >= 4 is 17.5 Å². The minimum absolute atomic E-state index is 0.0145. The minimum Gasteiger partial charge on any atom is -0.458 e. The van der Waals surface area contributed by atoms with E-state index in [-0.39, 0.29) is 12.0 Å². The largest absolute Gasteiger partial charge is 0.458 e. The Morgan fingerprint density at radius 3 is 2.94 bits per heavy atom. The molecule has 0 aromatic carbocycles. The smallest absolute Gasteiger partial charge is 0.316 e. The van der Waals surface area contributed by atoms with E-state index in [0.717, 1.165) is 6.42 Å². The van der Waals surface area contributed by atoms with E-state index in [9.17, 15) is 4.79 Å². The number of nitrogens with zero attached hydrogens (tertiary/aromatic N) is 3. The predicted molar refractivity (Wildman–Crippen MR) is 67.5 cm³/mol. The lowest BCUT2D eigenvalue weighted by Crippen LogP contribution is -2.29. The monoisotopic (exact) mass is 267 g/mol. The standard InChI is InChI=1S/C12H14ClN3O2/c1-2-3-11(17)16-5-4-10(8-16)18-12-14-6-9(13)7-15-12/h2-3,6-7,10H,4-5,8H2,1H3. The van der Waals surface area contributed by atoms with Crippen LogP contribution in [0.1, 0.15) is 13.3 Å². The summed E-state index contributed by atoms with van der Waals surface area (Å²) in [5.41, 5.74) is 0. The van der Waals surface area contributed by atoms with E-state index in [0.29, 0.717) is 24.1 Å². The molecule has 0 saturated carbocycles. The fourth-order valence-electron chi connectivity index (χ4n) is 1.78. The van der Waals surface area contributed by atoms with Crippen molar-refractivity contribution in [3.8, 4) is 6.01 Å². The Balaban J connectivity index is 1.89. The highest BCUT2D eigenvalue weighted by molar-refractivity contribution is 6.30. The zero-order valence-corrected chi connectivity index (χ0v) is 10.8. The Morgan fingerprint density at radius 1 is 1.56 bits per heavy atom. The second kappa shape index (κ2) is 5.82. The maximum atomic E-state index is 11.6. The van der Waals surface area contributed by atoms with E-state index < -0.39 is 0 Å². The van der Waals surface area contributed by atoms with Gasteiger partial charge in [0.05, 0.1) is 24.0 Å². The topological polar surface area (TPSA) is 55.3 Å². The van der Waals surface area contributed by atoms with Crippen molar-refractivity contribution in [2.75, 3.05) is 13.1 Å². The molecule has 96 valence electrons. The highest BCUT2D eigenvalue weighted by Crippen LogP contribution is 2.16. The molecule has 2 rings (SSSR count). The van der Waals surface area contributed by atoms with Gasteiger partial charge in [-0.05, 0) is 13.0 Å². The number of halogens is 1. The lowest BCUT2D eigenvalue weighted by molar-refractivity contribution is -0.125. The van der Waals surface area contributed by atoms with Crippen LogP contribution >= 0.6 is 11.6 Å². The van der Waals surface area contributed by atoms with Gasteiger partial charge in [0.15, 0.2) is 0 Å². The zero-order chi connectivity index (χ0) is 13.0. The van der Waals surface area contributed by atoms with Gasteiger partial charge >= 0.3 is 6.01 Å². The number of carbonyl (C=O) groups is 1. The van der Waals surface area contributed by atoms with Crippen molar-refractivity contribution in [1.82, 2.24) is 14.9 Å². The first kappa shape index (κ1) is 12.8. The average Bonchev–Trinajstić information content (AvgIpc) is 2.81. The van der Waals surface area contributed by atoms with E-state index >= 15 is 0 Å². The van der Waals surface area contributed by atoms with Crippen LogP contribution in [0.2, 0.25) is 5.02 Å². The number of likely N-dealkylation sites (tertiary alicyclic amines) is 1. The summed E-state index contributed by atoms with van der Waals surface area (Å²) in [5.74, 6) is 0.0145. The Morgan fingerprint density at radius 2 is 2.28 bits per heavy atom. The van der Waals surface area contributed by atoms with Crippen LogP contribution in [0.25, 0.3) is 0 Å². The SMILES string of the molecule is CC=CC(=O)N1CCC(Oc2ncc(Cl)cn2)C1. The lowest BCUT2D eigenvalue weighted by Gasteiger charge is -2.14. The van der Waals surface area contributed by atoms with Gasteiger partial charge in [-0.3, -0.25) is 4.79 Å². The number of hydrogen-bond acceptors (Lipinski definition) is 4. The molecule has 0 bridgehead atoms. The minimum atomic E-state index is -0.0552. The molecular weight excluding hydrogens is 254 g/mol. The molecule has 5 nitrogen and oxygen atoms in total. The third-order valence-electron chi connectivity index (χ3n) is 2.63. The van der Waals surface area contributed by atoms with Crippen molar-refractivity contribution in [2.24, 2.45) is 0 Å². The van der Waals surface area contributed by atoms with Gasteiger partial charge in [-0.15, -0.1) is 0 Å². The van der Waals surface area contributed by atoms with Crippen molar-refractivity contribution in [2.45, 2.75) is 19.4 Å². The van der Waals surface area contributed by atoms with Crippen LogP contribution in [0, 0.1) is 0 Å². The van der Waals surface area contributed by atoms with E-state index in [1.165, 1.54) is 12.4 Å². The van der Waals surface area contributed by atoms with Gasteiger partial charge in [0, 0.05) is 13.0 Å². The first-order valence-corrected chi connectivity index (χ1v) is 6.12. The molecule has 1 unspecified atom stereocenters. The number of aromatic nitrogens is 2. The Labute approximate surface area is 110 Å². The normalized spacial score (nSPS) is 19.4. The summed E-state index contributed by atoms with van der Waals surface area (Å²) in [7, 11) is 0. The van der Waals surface area contributed by atoms with Crippen molar-refractivity contribution in [1.29, 1.82) is 0 Å². The molecule has 0 aliphatic carbocycles. The first-order valence-electron chi connectivity index (χ1n) is 5.75. The molecular formula is C12H14ClN3O2. The van der Waals surface area contributed by atoms with E-state index in [4.69, 9.17) is 16.3 Å². The fourth-order valence-corrected chi connectivity index (χ4v) is 1.88. The van der Waals surface area contributed by atoms with Gasteiger partial charge in [0.1, 0.15) is 6.10 Å². The molecule has 1 aromatic rings. The van der Waals surface area contributed by atoms with Crippen LogP contribution in [-0.4, -0.2) is 40.0 Å². The third-order valence-corrected chi connectivity index (χ3v) is 2.83. The van der Waals surface area contributed by atoms with E-state index in [1.54, 1.807) is 17.1 Å². The number of carbonyl (C=O) groups excluding carboxylic acids is 1. The summed E-state index contributed by atoms with van der Waals surface area (Å²) in [6.45, 7) is 3.08. The highest BCUT2D eigenvalue weighted by atomic mass is 35.5. The van der Waals surface area contributed by atoms with Crippen LogP contribution in [0.15, 0.2) is 24.5 Å². The Hall–Kier alpha value is -1.62. The van der Waals surface area contributed by atoms with Crippen molar-refractivity contribution in [3.05, 3.63) is 29.6 Å². The molecule has 1 atom stereocenters. The maximum Gasteiger partial charge on any atom is 0.316 e. The second-order valence-electron chi connectivity index (χ2n) is 4.00. The van der Waals surface area contributed by atoms with E-state index in [2.05, 4.69) is 9.97 Å².